The fraction of sp³-hybridized carbons (Fsp3) is 0.333. The highest BCUT2D eigenvalue weighted by molar-refractivity contribution is 6.42. The van der Waals surface area contributed by atoms with Crippen LogP contribution < -0.4 is 5.32 Å². The van der Waals surface area contributed by atoms with Crippen molar-refractivity contribution in [2.75, 3.05) is 6.54 Å². The van der Waals surface area contributed by atoms with Crippen molar-refractivity contribution in [3.8, 4) is 0 Å². The standard InChI is InChI=1S/C18H19Cl2N/c19-17-8-3-13(11-18(17)20)9-10-21-12-14-1-4-15(5-2-14)16-6-7-16/h1-5,8,11,16,21H,6-7,9-10,12H2. The lowest BCUT2D eigenvalue weighted by atomic mass is 10.1. The van der Waals surface area contributed by atoms with E-state index in [9.17, 15) is 0 Å². The van der Waals surface area contributed by atoms with Gasteiger partial charge in [-0.2, -0.15) is 0 Å². The summed E-state index contributed by atoms with van der Waals surface area (Å²) in [6, 6.07) is 14.8. The summed E-state index contributed by atoms with van der Waals surface area (Å²) in [7, 11) is 0. The van der Waals surface area contributed by atoms with Gasteiger partial charge in [0.1, 0.15) is 0 Å². The maximum absolute atomic E-state index is 6.02. The van der Waals surface area contributed by atoms with Gasteiger partial charge in [0.05, 0.1) is 10.0 Å². The summed E-state index contributed by atoms with van der Waals surface area (Å²) in [4.78, 5) is 0. The van der Waals surface area contributed by atoms with Crippen LogP contribution in [0.1, 0.15) is 35.4 Å². The minimum absolute atomic E-state index is 0.615. The summed E-state index contributed by atoms with van der Waals surface area (Å²) < 4.78 is 0. The maximum Gasteiger partial charge on any atom is 0.0595 e. The van der Waals surface area contributed by atoms with E-state index in [1.54, 1.807) is 0 Å². The number of halogens is 2. The van der Waals surface area contributed by atoms with Crippen LogP contribution in [0.2, 0.25) is 10.0 Å². The van der Waals surface area contributed by atoms with E-state index in [-0.39, 0.29) is 0 Å². The van der Waals surface area contributed by atoms with Crippen LogP contribution >= 0.6 is 23.2 Å². The normalized spacial score (nSPS) is 14.4. The Morgan fingerprint density at radius 2 is 1.62 bits per heavy atom. The molecule has 2 aromatic rings. The van der Waals surface area contributed by atoms with Gasteiger partial charge in [-0.3, -0.25) is 0 Å². The molecule has 0 heterocycles. The van der Waals surface area contributed by atoms with Crippen molar-refractivity contribution < 1.29 is 0 Å². The Morgan fingerprint density at radius 3 is 2.29 bits per heavy atom. The molecule has 110 valence electrons. The Balaban J connectivity index is 1.44. The Kier molecular flexibility index (Phi) is 4.84. The molecule has 0 spiro atoms. The third-order valence-electron chi connectivity index (χ3n) is 3.93. The predicted octanol–water partition coefficient (Wildman–Crippen LogP) is 5.20. The lowest BCUT2D eigenvalue weighted by molar-refractivity contribution is 0.687. The number of hydrogen-bond donors (Lipinski definition) is 1. The smallest absolute Gasteiger partial charge is 0.0595 e. The molecule has 21 heavy (non-hydrogen) atoms. The number of nitrogens with one attached hydrogen (secondary N) is 1. The molecule has 0 atom stereocenters. The maximum atomic E-state index is 6.02. The Bertz CT molecular complexity index is 603. The van der Waals surface area contributed by atoms with Crippen LogP contribution in [0.5, 0.6) is 0 Å². The highest BCUT2D eigenvalue weighted by Crippen LogP contribution is 2.39. The minimum atomic E-state index is 0.615. The Hall–Kier alpha value is -1.02. The van der Waals surface area contributed by atoms with Crippen LogP contribution in [0.3, 0.4) is 0 Å². The summed E-state index contributed by atoms with van der Waals surface area (Å²) in [5, 5.41) is 4.72. The molecular weight excluding hydrogens is 301 g/mol. The zero-order valence-electron chi connectivity index (χ0n) is 11.9. The first-order chi connectivity index (χ1) is 10.2. The summed E-state index contributed by atoms with van der Waals surface area (Å²) in [5.41, 5.74) is 4.05. The fourth-order valence-electron chi connectivity index (χ4n) is 2.48. The minimum Gasteiger partial charge on any atom is -0.312 e. The molecule has 3 rings (SSSR count). The topological polar surface area (TPSA) is 12.0 Å². The lowest BCUT2D eigenvalue weighted by Crippen LogP contribution is -2.16. The van der Waals surface area contributed by atoms with Crippen LogP contribution in [0, 0.1) is 0 Å². The number of rotatable bonds is 6. The molecule has 0 aliphatic heterocycles. The van der Waals surface area contributed by atoms with E-state index in [2.05, 4.69) is 29.6 Å². The van der Waals surface area contributed by atoms with Gasteiger partial charge < -0.3 is 5.32 Å². The van der Waals surface area contributed by atoms with Gasteiger partial charge in [0, 0.05) is 6.54 Å². The van der Waals surface area contributed by atoms with Crippen LogP contribution in [-0.4, -0.2) is 6.54 Å². The molecule has 0 unspecified atom stereocenters. The molecular formula is C18H19Cl2N. The zero-order chi connectivity index (χ0) is 14.7. The largest absolute Gasteiger partial charge is 0.312 e. The van der Waals surface area contributed by atoms with Gasteiger partial charge in [0.15, 0.2) is 0 Å². The first kappa shape index (κ1) is 14.9. The van der Waals surface area contributed by atoms with E-state index in [4.69, 9.17) is 23.2 Å². The quantitative estimate of drug-likeness (QED) is 0.721. The number of hydrogen-bond acceptors (Lipinski definition) is 1. The monoisotopic (exact) mass is 319 g/mol. The molecule has 0 saturated heterocycles. The molecule has 0 amide bonds. The van der Waals surface area contributed by atoms with E-state index in [1.165, 1.54) is 29.5 Å². The molecule has 0 bridgehead atoms. The Morgan fingerprint density at radius 1 is 0.905 bits per heavy atom. The predicted molar refractivity (Wildman–Crippen MR) is 90.3 cm³/mol. The summed E-state index contributed by atoms with van der Waals surface area (Å²) >= 11 is 11.9. The average Bonchev–Trinajstić information content (AvgIpc) is 3.33. The van der Waals surface area contributed by atoms with Gasteiger partial charge >= 0.3 is 0 Å². The molecule has 1 aliphatic rings. The van der Waals surface area contributed by atoms with E-state index >= 15 is 0 Å². The van der Waals surface area contributed by atoms with Crippen LogP contribution in [-0.2, 0) is 13.0 Å². The van der Waals surface area contributed by atoms with Crippen LogP contribution in [0.15, 0.2) is 42.5 Å². The molecule has 1 aliphatic carbocycles. The molecule has 2 aromatic carbocycles. The fourth-order valence-corrected chi connectivity index (χ4v) is 2.81. The van der Waals surface area contributed by atoms with Crippen molar-refractivity contribution in [3.63, 3.8) is 0 Å². The molecule has 1 saturated carbocycles. The third-order valence-corrected chi connectivity index (χ3v) is 4.67. The SMILES string of the molecule is Clc1ccc(CCNCc2ccc(C3CC3)cc2)cc1Cl. The van der Waals surface area contributed by atoms with Crippen molar-refractivity contribution in [1.29, 1.82) is 0 Å². The van der Waals surface area contributed by atoms with Crippen molar-refractivity contribution in [2.45, 2.75) is 31.7 Å². The van der Waals surface area contributed by atoms with Gasteiger partial charge in [-0.25, -0.2) is 0 Å². The summed E-state index contributed by atoms with van der Waals surface area (Å²) in [5.74, 6) is 0.835. The van der Waals surface area contributed by atoms with E-state index in [0.717, 1.165) is 25.4 Å². The van der Waals surface area contributed by atoms with Gasteiger partial charge in [-0.05, 0) is 60.5 Å². The summed E-state index contributed by atoms with van der Waals surface area (Å²) in [6.07, 6.45) is 3.68. The number of benzene rings is 2. The van der Waals surface area contributed by atoms with Gasteiger partial charge in [0.25, 0.3) is 0 Å². The molecule has 1 N–H and O–H groups in total. The second kappa shape index (κ2) is 6.83. The van der Waals surface area contributed by atoms with Crippen LogP contribution in [0.25, 0.3) is 0 Å². The van der Waals surface area contributed by atoms with Gasteiger partial charge in [0.2, 0.25) is 0 Å². The highest BCUT2D eigenvalue weighted by atomic mass is 35.5. The third kappa shape index (κ3) is 4.23. The Labute approximate surface area is 136 Å². The first-order valence-corrected chi connectivity index (χ1v) is 8.21. The second-order valence-electron chi connectivity index (χ2n) is 5.69. The van der Waals surface area contributed by atoms with E-state index in [1.807, 2.05) is 18.2 Å². The molecule has 0 radical (unpaired) electrons. The molecule has 1 nitrogen and oxygen atoms in total. The lowest BCUT2D eigenvalue weighted by Gasteiger charge is -2.07. The first-order valence-electron chi connectivity index (χ1n) is 7.46. The van der Waals surface area contributed by atoms with Crippen molar-refractivity contribution in [3.05, 3.63) is 69.2 Å². The van der Waals surface area contributed by atoms with Crippen molar-refractivity contribution >= 4 is 23.2 Å². The molecule has 3 heteroatoms. The van der Waals surface area contributed by atoms with Gasteiger partial charge in [-0.1, -0.05) is 53.5 Å². The van der Waals surface area contributed by atoms with E-state index < -0.39 is 0 Å². The highest BCUT2D eigenvalue weighted by Gasteiger charge is 2.22. The van der Waals surface area contributed by atoms with Gasteiger partial charge in [-0.15, -0.1) is 0 Å². The molecule has 1 fully saturated rings. The zero-order valence-corrected chi connectivity index (χ0v) is 13.4. The second-order valence-corrected chi connectivity index (χ2v) is 6.51. The summed E-state index contributed by atoms with van der Waals surface area (Å²) in [6.45, 7) is 1.84. The average molecular weight is 320 g/mol. The molecule has 0 aromatic heterocycles. The van der Waals surface area contributed by atoms with Crippen molar-refractivity contribution in [1.82, 2.24) is 5.32 Å². The van der Waals surface area contributed by atoms with Crippen molar-refractivity contribution in [2.24, 2.45) is 0 Å². The van der Waals surface area contributed by atoms with Crippen LogP contribution in [0.4, 0.5) is 0 Å². The van der Waals surface area contributed by atoms with E-state index in [0.29, 0.717) is 10.0 Å².